The highest BCUT2D eigenvalue weighted by Gasteiger charge is 2.35. The molecule has 1 saturated heterocycles. The van der Waals surface area contributed by atoms with Gasteiger partial charge in [-0.05, 0) is 48.6 Å². The SMILES string of the molecule is CN(CCc1cc(F)cc(C(F)(F)F)c1)C(=O)C(c1ccccc1)N1CCN(C2CCC2)CC1. The van der Waals surface area contributed by atoms with Crippen LogP contribution in [0.5, 0.6) is 0 Å². The van der Waals surface area contributed by atoms with Crippen LogP contribution in [0.3, 0.4) is 0 Å². The Balaban J connectivity index is 1.44. The molecule has 4 nitrogen and oxygen atoms in total. The summed E-state index contributed by atoms with van der Waals surface area (Å²) in [5.41, 5.74) is 0.113. The molecular formula is C26H31F4N3O. The third-order valence-corrected chi connectivity index (χ3v) is 7.05. The molecule has 184 valence electrons. The summed E-state index contributed by atoms with van der Waals surface area (Å²) in [6.45, 7) is 3.62. The predicted molar refractivity (Wildman–Crippen MR) is 123 cm³/mol. The van der Waals surface area contributed by atoms with Gasteiger partial charge in [-0.2, -0.15) is 13.2 Å². The van der Waals surface area contributed by atoms with E-state index >= 15 is 0 Å². The summed E-state index contributed by atoms with van der Waals surface area (Å²) in [7, 11) is 1.66. The Kier molecular flexibility index (Phi) is 7.57. The first-order chi connectivity index (χ1) is 16.2. The van der Waals surface area contributed by atoms with E-state index in [1.807, 2.05) is 30.3 Å². The van der Waals surface area contributed by atoms with Crippen molar-refractivity contribution >= 4 is 5.91 Å². The minimum absolute atomic E-state index is 0.101. The number of amides is 1. The van der Waals surface area contributed by atoms with Crippen LogP contribution in [0.25, 0.3) is 0 Å². The fraction of sp³-hybridized carbons (Fsp3) is 0.500. The van der Waals surface area contributed by atoms with Crippen LogP contribution in [-0.2, 0) is 17.4 Å². The molecule has 2 aliphatic rings. The number of rotatable bonds is 7. The van der Waals surface area contributed by atoms with Crippen molar-refractivity contribution in [1.82, 2.24) is 14.7 Å². The Bertz CT molecular complexity index is 970. The van der Waals surface area contributed by atoms with E-state index in [-0.39, 0.29) is 24.4 Å². The largest absolute Gasteiger partial charge is 0.416 e. The van der Waals surface area contributed by atoms with Crippen molar-refractivity contribution in [2.75, 3.05) is 39.8 Å². The lowest BCUT2D eigenvalue weighted by Gasteiger charge is -2.45. The molecule has 4 rings (SSSR count). The molecule has 2 aromatic carbocycles. The Morgan fingerprint density at radius 3 is 2.32 bits per heavy atom. The van der Waals surface area contributed by atoms with Crippen LogP contribution in [0, 0.1) is 5.82 Å². The van der Waals surface area contributed by atoms with Crippen molar-refractivity contribution in [2.45, 2.75) is 43.9 Å². The van der Waals surface area contributed by atoms with E-state index in [1.54, 1.807) is 11.9 Å². The van der Waals surface area contributed by atoms with Gasteiger partial charge in [0.05, 0.1) is 5.56 Å². The van der Waals surface area contributed by atoms with Gasteiger partial charge in [0, 0.05) is 45.8 Å². The van der Waals surface area contributed by atoms with Crippen LogP contribution >= 0.6 is 0 Å². The Hall–Kier alpha value is -2.45. The second kappa shape index (κ2) is 10.4. The average molecular weight is 478 g/mol. The highest BCUT2D eigenvalue weighted by molar-refractivity contribution is 5.83. The quantitative estimate of drug-likeness (QED) is 0.539. The summed E-state index contributed by atoms with van der Waals surface area (Å²) in [4.78, 5) is 19.8. The molecule has 8 heteroatoms. The predicted octanol–water partition coefficient (Wildman–Crippen LogP) is 4.76. The van der Waals surface area contributed by atoms with Crippen LogP contribution in [0.15, 0.2) is 48.5 Å². The maximum absolute atomic E-state index is 13.8. The molecule has 1 atom stereocenters. The maximum atomic E-state index is 13.8. The number of piperazine rings is 1. The molecule has 0 radical (unpaired) electrons. The lowest BCUT2D eigenvalue weighted by molar-refractivity contribution is -0.138. The first-order valence-electron chi connectivity index (χ1n) is 11.9. The molecule has 0 spiro atoms. The van der Waals surface area contributed by atoms with E-state index in [0.29, 0.717) is 12.1 Å². The highest BCUT2D eigenvalue weighted by atomic mass is 19.4. The van der Waals surface area contributed by atoms with Gasteiger partial charge in [0.25, 0.3) is 0 Å². The topological polar surface area (TPSA) is 26.8 Å². The molecule has 2 aromatic rings. The standard InChI is InChI=1S/C26H31F4N3O/c1-31(11-10-19-16-21(26(28,29)30)18-22(27)17-19)25(34)24(20-6-3-2-4-7-20)33-14-12-32(13-15-33)23-8-5-9-23/h2-4,6-7,16-18,23-24H,5,8-15H2,1H3. The van der Waals surface area contributed by atoms with E-state index in [2.05, 4.69) is 9.80 Å². The van der Waals surface area contributed by atoms with Crippen molar-refractivity contribution in [3.05, 3.63) is 71.0 Å². The van der Waals surface area contributed by atoms with Crippen molar-refractivity contribution in [3.63, 3.8) is 0 Å². The van der Waals surface area contributed by atoms with Crippen LogP contribution in [0.2, 0.25) is 0 Å². The molecule has 34 heavy (non-hydrogen) atoms. The third kappa shape index (κ3) is 5.78. The van der Waals surface area contributed by atoms with E-state index in [9.17, 15) is 22.4 Å². The van der Waals surface area contributed by atoms with Gasteiger partial charge in [0.15, 0.2) is 0 Å². The van der Waals surface area contributed by atoms with Gasteiger partial charge in [-0.25, -0.2) is 4.39 Å². The van der Waals surface area contributed by atoms with Gasteiger partial charge in [0.1, 0.15) is 11.9 Å². The molecule has 1 aliphatic carbocycles. The number of nitrogens with zero attached hydrogens (tertiary/aromatic N) is 3. The maximum Gasteiger partial charge on any atom is 0.416 e. The summed E-state index contributed by atoms with van der Waals surface area (Å²) >= 11 is 0. The second-order valence-corrected chi connectivity index (χ2v) is 9.33. The van der Waals surface area contributed by atoms with Crippen LogP contribution < -0.4 is 0 Å². The van der Waals surface area contributed by atoms with E-state index < -0.39 is 23.6 Å². The first kappa shape index (κ1) is 24.7. The molecule has 1 aliphatic heterocycles. The Morgan fingerprint density at radius 2 is 1.74 bits per heavy atom. The zero-order valence-electron chi connectivity index (χ0n) is 19.4. The number of carbonyl (C=O) groups excluding carboxylic acids is 1. The Labute approximate surface area is 198 Å². The summed E-state index contributed by atoms with van der Waals surface area (Å²) in [5.74, 6) is -1.03. The Morgan fingerprint density at radius 1 is 1.06 bits per heavy atom. The van der Waals surface area contributed by atoms with E-state index in [4.69, 9.17) is 0 Å². The number of alkyl halides is 3. The zero-order chi connectivity index (χ0) is 24.3. The molecule has 1 heterocycles. The van der Waals surface area contributed by atoms with Crippen molar-refractivity contribution in [2.24, 2.45) is 0 Å². The molecule has 2 fully saturated rings. The lowest BCUT2D eigenvalue weighted by Crippen LogP contribution is -2.54. The molecule has 0 aromatic heterocycles. The van der Waals surface area contributed by atoms with Gasteiger partial charge in [0.2, 0.25) is 5.91 Å². The number of hydrogen-bond acceptors (Lipinski definition) is 3. The van der Waals surface area contributed by atoms with Crippen molar-refractivity contribution in [1.29, 1.82) is 0 Å². The first-order valence-corrected chi connectivity index (χ1v) is 11.9. The summed E-state index contributed by atoms with van der Waals surface area (Å²) in [5, 5.41) is 0. The normalized spacial score (nSPS) is 19.0. The van der Waals surface area contributed by atoms with Crippen molar-refractivity contribution < 1.29 is 22.4 Å². The fourth-order valence-electron chi connectivity index (χ4n) is 4.83. The molecule has 1 unspecified atom stereocenters. The van der Waals surface area contributed by atoms with Gasteiger partial charge in [-0.15, -0.1) is 0 Å². The zero-order valence-corrected chi connectivity index (χ0v) is 19.4. The average Bonchev–Trinajstić information content (AvgIpc) is 2.77. The second-order valence-electron chi connectivity index (χ2n) is 9.33. The summed E-state index contributed by atoms with van der Waals surface area (Å²) < 4.78 is 52.9. The van der Waals surface area contributed by atoms with Gasteiger partial charge < -0.3 is 4.90 Å². The van der Waals surface area contributed by atoms with E-state index in [1.165, 1.54) is 19.3 Å². The van der Waals surface area contributed by atoms with Crippen LogP contribution in [0.1, 0.15) is 42.0 Å². The lowest BCUT2D eigenvalue weighted by atomic mass is 9.91. The van der Waals surface area contributed by atoms with Crippen LogP contribution in [0.4, 0.5) is 17.6 Å². The highest BCUT2D eigenvalue weighted by Crippen LogP contribution is 2.31. The molecule has 0 bridgehead atoms. The molecular weight excluding hydrogens is 446 g/mol. The van der Waals surface area contributed by atoms with Gasteiger partial charge in [-0.1, -0.05) is 36.8 Å². The number of hydrogen-bond donors (Lipinski definition) is 0. The summed E-state index contributed by atoms with van der Waals surface area (Å²) in [6, 6.07) is 12.4. The smallest absolute Gasteiger partial charge is 0.344 e. The fourth-order valence-corrected chi connectivity index (χ4v) is 4.83. The monoisotopic (exact) mass is 477 g/mol. The minimum atomic E-state index is -4.61. The van der Waals surface area contributed by atoms with Crippen LogP contribution in [-0.4, -0.2) is 66.4 Å². The molecule has 1 amide bonds. The van der Waals surface area contributed by atoms with Crippen molar-refractivity contribution in [3.8, 4) is 0 Å². The van der Waals surface area contributed by atoms with E-state index in [0.717, 1.165) is 43.9 Å². The summed E-state index contributed by atoms with van der Waals surface area (Å²) in [6.07, 6.45) is -0.685. The number of carbonyl (C=O) groups is 1. The third-order valence-electron chi connectivity index (χ3n) is 7.05. The number of likely N-dealkylation sites (N-methyl/N-ethyl adjacent to an activating group) is 1. The number of benzene rings is 2. The number of halogens is 4. The molecule has 1 saturated carbocycles. The molecule has 0 N–H and O–H groups in total. The van der Waals surface area contributed by atoms with Gasteiger partial charge in [-0.3, -0.25) is 14.6 Å². The van der Waals surface area contributed by atoms with Gasteiger partial charge >= 0.3 is 6.18 Å². The minimum Gasteiger partial charge on any atom is -0.344 e.